The van der Waals surface area contributed by atoms with Gasteiger partial charge in [-0.15, -0.1) is 0 Å². The molecule has 2 rings (SSSR count). The third-order valence-corrected chi connectivity index (χ3v) is 5.51. The van der Waals surface area contributed by atoms with Crippen molar-refractivity contribution in [2.75, 3.05) is 20.6 Å². The predicted octanol–water partition coefficient (Wildman–Crippen LogP) is 0.836. The molecular formula is C13H17N3O5S. The number of hydrogen-bond donors (Lipinski definition) is 0. The molecule has 120 valence electrons. The molecule has 1 aromatic carbocycles. The summed E-state index contributed by atoms with van der Waals surface area (Å²) < 4.78 is 26.5. The van der Waals surface area contributed by atoms with Crippen molar-refractivity contribution in [3.63, 3.8) is 0 Å². The molecule has 0 aliphatic carbocycles. The number of likely N-dealkylation sites (N-methyl/N-ethyl adjacent to an activating group) is 1. The van der Waals surface area contributed by atoms with Crippen LogP contribution < -0.4 is 0 Å². The second-order valence-corrected chi connectivity index (χ2v) is 7.15. The van der Waals surface area contributed by atoms with Gasteiger partial charge >= 0.3 is 0 Å². The number of non-ortho nitro benzene ring substituents is 1. The molecule has 0 N–H and O–H groups in total. The SMILES string of the molecule is CN(C)C(=O)[C@H]1CCCN1S(=O)(=O)c1ccc([N+](=O)[O-])cc1. The number of amides is 1. The van der Waals surface area contributed by atoms with E-state index in [0.717, 1.165) is 12.1 Å². The molecule has 1 aliphatic heterocycles. The Kier molecular flexibility index (Phi) is 4.47. The molecule has 1 aromatic rings. The minimum atomic E-state index is -3.85. The number of benzene rings is 1. The van der Waals surface area contributed by atoms with E-state index in [4.69, 9.17) is 0 Å². The van der Waals surface area contributed by atoms with Crippen molar-refractivity contribution in [2.45, 2.75) is 23.8 Å². The average molecular weight is 327 g/mol. The summed E-state index contributed by atoms with van der Waals surface area (Å²) in [5.74, 6) is -0.261. The fraction of sp³-hybridized carbons (Fsp3) is 0.462. The third-order valence-electron chi connectivity index (χ3n) is 3.58. The first-order valence-corrected chi connectivity index (χ1v) is 8.16. The minimum absolute atomic E-state index is 0.0449. The number of nitro groups is 1. The molecule has 0 aromatic heterocycles. The number of carbonyl (C=O) groups excluding carboxylic acids is 1. The van der Waals surface area contributed by atoms with Crippen molar-refractivity contribution in [3.05, 3.63) is 34.4 Å². The van der Waals surface area contributed by atoms with Gasteiger partial charge in [-0.1, -0.05) is 0 Å². The van der Waals surface area contributed by atoms with Crippen LogP contribution in [0.1, 0.15) is 12.8 Å². The molecule has 1 aliphatic rings. The molecule has 8 nitrogen and oxygen atoms in total. The topological polar surface area (TPSA) is 101 Å². The van der Waals surface area contributed by atoms with E-state index in [2.05, 4.69) is 0 Å². The monoisotopic (exact) mass is 327 g/mol. The highest BCUT2D eigenvalue weighted by molar-refractivity contribution is 7.89. The molecule has 1 saturated heterocycles. The second-order valence-electron chi connectivity index (χ2n) is 5.26. The zero-order valence-electron chi connectivity index (χ0n) is 12.3. The summed E-state index contributed by atoms with van der Waals surface area (Å²) in [6, 6.07) is 3.97. The quantitative estimate of drug-likeness (QED) is 0.602. The van der Waals surface area contributed by atoms with Crippen LogP contribution in [0.15, 0.2) is 29.2 Å². The van der Waals surface area contributed by atoms with Gasteiger partial charge in [0.1, 0.15) is 6.04 Å². The molecule has 1 heterocycles. The van der Waals surface area contributed by atoms with Gasteiger partial charge in [-0.25, -0.2) is 8.42 Å². The minimum Gasteiger partial charge on any atom is -0.347 e. The number of sulfonamides is 1. The molecule has 0 spiro atoms. The summed E-state index contributed by atoms with van der Waals surface area (Å²) in [6.45, 7) is 0.267. The highest BCUT2D eigenvalue weighted by Gasteiger charge is 2.40. The van der Waals surface area contributed by atoms with E-state index in [1.807, 2.05) is 0 Å². The smallest absolute Gasteiger partial charge is 0.269 e. The van der Waals surface area contributed by atoms with E-state index in [9.17, 15) is 23.3 Å². The van der Waals surface area contributed by atoms with Crippen molar-refractivity contribution in [3.8, 4) is 0 Å². The van der Waals surface area contributed by atoms with Crippen molar-refractivity contribution < 1.29 is 18.1 Å². The average Bonchev–Trinajstić information content (AvgIpc) is 2.96. The zero-order chi connectivity index (χ0) is 16.5. The van der Waals surface area contributed by atoms with Crippen molar-refractivity contribution in [2.24, 2.45) is 0 Å². The lowest BCUT2D eigenvalue weighted by Gasteiger charge is -2.25. The molecule has 9 heteroatoms. The second kappa shape index (κ2) is 6.01. The van der Waals surface area contributed by atoms with Crippen molar-refractivity contribution >= 4 is 21.6 Å². The first kappa shape index (κ1) is 16.4. The standard InChI is InChI=1S/C13H17N3O5S/c1-14(2)13(17)12-4-3-9-15(12)22(20,21)11-7-5-10(6-8-11)16(18)19/h5-8,12H,3-4,9H2,1-2H3/t12-/m1/s1. The Balaban J connectivity index is 2.33. The zero-order valence-corrected chi connectivity index (χ0v) is 13.1. The van der Waals surface area contributed by atoms with Gasteiger partial charge in [-0.05, 0) is 25.0 Å². The van der Waals surface area contributed by atoms with Gasteiger partial charge in [0.15, 0.2) is 0 Å². The summed E-state index contributed by atoms with van der Waals surface area (Å²) in [7, 11) is -0.684. The van der Waals surface area contributed by atoms with E-state index in [-0.39, 0.29) is 23.0 Å². The van der Waals surface area contributed by atoms with Crippen LogP contribution >= 0.6 is 0 Å². The Morgan fingerprint density at radius 2 is 1.91 bits per heavy atom. The lowest BCUT2D eigenvalue weighted by Crippen LogP contribution is -2.45. The van der Waals surface area contributed by atoms with Gasteiger partial charge < -0.3 is 4.90 Å². The Morgan fingerprint density at radius 1 is 1.32 bits per heavy atom. The van der Waals surface area contributed by atoms with Crippen molar-refractivity contribution in [1.29, 1.82) is 0 Å². The molecule has 0 unspecified atom stereocenters. The highest BCUT2D eigenvalue weighted by Crippen LogP contribution is 2.27. The van der Waals surface area contributed by atoms with E-state index in [1.165, 1.54) is 21.3 Å². The number of carbonyl (C=O) groups is 1. The van der Waals surface area contributed by atoms with Crippen LogP contribution in [0.2, 0.25) is 0 Å². The van der Waals surface area contributed by atoms with Gasteiger partial charge in [-0.3, -0.25) is 14.9 Å². The molecular weight excluding hydrogens is 310 g/mol. The van der Waals surface area contributed by atoms with Crippen LogP contribution in [0.4, 0.5) is 5.69 Å². The van der Waals surface area contributed by atoms with Crippen LogP contribution in [-0.4, -0.2) is 55.1 Å². The summed E-state index contributed by atoms with van der Waals surface area (Å²) in [6.07, 6.45) is 1.08. The van der Waals surface area contributed by atoms with Gasteiger partial charge in [0.2, 0.25) is 15.9 Å². The van der Waals surface area contributed by atoms with Crippen LogP contribution in [0.3, 0.4) is 0 Å². The fourth-order valence-corrected chi connectivity index (χ4v) is 4.10. The molecule has 0 radical (unpaired) electrons. The largest absolute Gasteiger partial charge is 0.347 e. The summed E-state index contributed by atoms with van der Waals surface area (Å²) in [4.78, 5) is 23.5. The number of hydrogen-bond acceptors (Lipinski definition) is 5. The van der Waals surface area contributed by atoms with Crippen LogP contribution in [0.25, 0.3) is 0 Å². The van der Waals surface area contributed by atoms with E-state index in [1.54, 1.807) is 14.1 Å². The van der Waals surface area contributed by atoms with Crippen LogP contribution in [-0.2, 0) is 14.8 Å². The Labute approximate surface area is 128 Å². The van der Waals surface area contributed by atoms with Crippen LogP contribution in [0, 0.1) is 10.1 Å². The van der Waals surface area contributed by atoms with Gasteiger partial charge in [0.05, 0.1) is 9.82 Å². The summed E-state index contributed by atoms with van der Waals surface area (Å²) in [5.41, 5.74) is -0.179. The Morgan fingerprint density at radius 3 is 2.41 bits per heavy atom. The lowest BCUT2D eigenvalue weighted by molar-refractivity contribution is -0.384. The van der Waals surface area contributed by atoms with Gasteiger partial charge in [0.25, 0.3) is 5.69 Å². The predicted molar refractivity (Wildman–Crippen MR) is 78.7 cm³/mol. The molecule has 0 bridgehead atoms. The Hall–Kier alpha value is -2.00. The van der Waals surface area contributed by atoms with E-state index < -0.39 is 21.0 Å². The maximum absolute atomic E-state index is 12.6. The first-order valence-electron chi connectivity index (χ1n) is 6.72. The number of nitrogens with zero attached hydrogens (tertiary/aromatic N) is 3. The Bertz CT molecular complexity index is 684. The third kappa shape index (κ3) is 2.95. The van der Waals surface area contributed by atoms with Crippen molar-refractivity contribution in [1.82, 2.24) is 9.21 Å². The molecule has 22 heavy (non-hydrogen) atoms. The maximum atomic E-state index is 12.6. The maximum Gasteiger partial charge on any atom is 0.269 e. The molecule has 1 atom stereocenters. The van der Waals surface area contributed by atoms with Crippen LogP contribution in [0.5, 0.6) is 0 Å². The molecule has 1 amide bonds. The first-order chi connectivity index (χ1) is 10.2. The van der Waals surface area contributed by atoms with Gasteiger partial charge in [0, 0.05) is 32.8 Å². The lowest BCUT2D eigenvalue weighted by atomic mass is 10.2. The number of rotatable bonds is 4. The number of nitro benzene ring substituents is 1. The summed E-state index contributed by atoms with van der Waals surface area (Å²) >= 11 is 0. The highest BCUT2D eigenvalue weighted by atomic mass is 32.2. The van der Waals surface area contributed by atoms with Gasteiger partial charge in [-0.2, -0.15) is 4.31 Å². The summed E-state index contributed by atoms with van der Waals surface area (Å²) in [5, 5.41) is 10.6. The molecule has 0 saturated carbocycles. The normalized spacial score (nSPS) is 19.1. The fourth-order valence-electron chi connectivity index (χ4n) is 2.45. The molecule has 1 fully saturated rings. The van der Waals surface area contributed by atoms with E-state index in [0.29, 0.717) is 12.8 Å². The van der Waals surface area contributed by atoms with E-state index >= 15 is 0 Å².